The highest BCUT2D eigenvalue weighted by molar-refractivity contribution is 5.76. The van der Waals surface area contributed by atoms with Crippen LogP contribution in [-0.4, -0.2) is 38.1 Å². The van der Waals surface area contributed by atoms with Crippen LogP contribution in [-0.2, 0) is 4.79 Å². The van der Waals surface area contributed by atoms with Crippen molar-refractivity contribution >= 4 is 5.91 Å². The molecule has 0 aliphatic carbocycles. The molecule has 0 aliphatic rings. The fourth-order valence-corrected chi connectivity index (χ4v) is 2.10. The van der Waals surface area contributed by atoms with Gasteiger partial charge in [0.15, 0.2) is 0 Å². The molecular weight excluding hydrogens is 280 g/mol. The summed E-state index contributed by atoms with van der Waals surface area (Å²) in [5.74, 6) is 1.58. The molecule has 22 heavy (non-hydrogen) atoms. The monoisotopic (exact) mass is 302 g/mol. The Kier molecular flexibility index (Phi) is 6.03. The van der Waals surface area contributed by atoms with Crippen LogP contribution in [0.4, 0.5) is 0 Å². The second-order valence-electron chi connectivity index (χ2n) is 5.21. The van der Waals surface area contributed by atoms with E-state index in [0.717, 1.165) is 11.5 Å². The fourth-order valence-electron chi connectivity index (χ4n) is 2.10. The van der Waals surface area contributed by atoms with Gasteiger partial charge in [-0.2, -0.15) is 0 Å². The van der Waals surface area contributed by atoms with Crippen molar-refractivity contribution in [2.75, 3.05) is 27.2 Å². The SMILES string of the molecule is CN(C)[C@H](CNC(=O)CCOc1ccccc1)c1ccco1. The van der Waals surface area contributed by atoms with Gasteiger partial charge in [-0.3, -0.25) is 9.69 Å². The molecule has 2 rings (SSSR count). The quantitative estimate of drug-likeness (QED) is 0.814. The predicted molar refractivity (Wildman–Crippen MR) is 84.7 cm³/mol. The number of benzene rings is 1. The Balaban J connectivity index is 1.72. The number of amides is 1. The van der Waals surface area contributed by atoms with Gasteiger partial charge in [0.1, 0.15) is 11.5 Å². The Hall–Kier alpha value is -2.27. The lowest BCUT2D eigenvalue weighted by Gasteiger charge is -2.22. The number of ether oxygens (including phenoxy) is 1. The molecule has 0 unspecified atom stereocenters. The molecule has 1 aromatic carbocycles. The molecule has 0 spiro atoms. The number of nitrogens with zero attached hydrogens (tertiary/aromatic N) is 1. The Morgan fingerprint density at radius 1 is 1.23 bits per heavy atom. The van der Waals surface area contributed by atoms with Crippen LogP contribution >= 0.6 is 0 Å². The molecule has 0 saturated carbocycles. The lowest BCUT2D eigenvalue weighted by Crippen LogP contribution is -2.34. The molecule has 2 aromatic rings. The zero-order valence-electron chi connectivity index (χ0n) is 13.0. The van der Waals surface area contributed by atoms with Crippen LogP contribution in [0.25, 0.3) is 0 Å². The smallest absolute Gasteiger partial charge is 0.223 e. The Labute approximate surface area is 130 Å². The van der Waals surface area contributed by atoms with E-state index in [-0.39, 0.29) is 11.9 Å². The van der Waals surface area contributed by atoms with Gasteiger partial charge in [-0.25, -0.2) is 0 Å². The maximum Gasteiger partial charge on any atom is 0.223 e. The fraction of sp³-hybridized carbons (Fsp3) is 0.353. The van der Waals surface area contributed by atoms with Gasteiger partial charge in [0, 0.05) is 6.54 Å². The molecule has 1 amide bonds. The summed E-state index contributed by atoms with van der Waals surface area (Å²) >= 11 is 0. The molecule has 1 N–H and O–H groups in total. The summed E-state index contributed by atoms with van der Waals surface area (Å²) in [6.45, 7) is 0.869. The molecular formula is C17H22N2O3. The highest BCUT2D eigenvalue weighted by Gasteiger charge is 2.17. The number of hydrogen-bond acceptors (Lipinski definition) is 4. The maximum atomic E-state index is 11.9. The average Bonchev–Trinajstić information content (AvgIpc) is 3.02. The number of hydrogen-bond donors (Lipinski definition) is 1. The first-order chi connectivity index (χ1) is 10.7. The number of carbonyl (C=O) groups is 1. The van der Waals surface area contributed by atoms with Crippen LogP contribution in [0.2, 0.25) is 0 Å². The minimum atomic E-state index is -0.0330. The van der Waals surface area contributed by atoms with Gasteiger partial charge < -0.3 is 14.5 Å². The lowest BCUT2D eigenvalue weighted by atomic mass is 10.2. The van der Waals surface area contributed by atoms with E-state index in [4.69, 9.17) is 9.15 Å². The molecule has 1 atom stereocenters. The first-order valence-corrected chi connectivity index (χ1v) is 7.31. The van der Waals surface area contributed by atoms with Crippen molar-refractivity contribution in [1.82, 2.24) is 10.2 Å². The Morgan fingerprint density at radius 3 is 2.64 bits per heavy atom. The van der Waals surface area contributed by atoms with Crippen molar-refractivity contribution in [3.63, 3.8) is 0 Å². The maximum absolute atomic E-state index is 11.9. The lowest BCUT2D eigenvalue weighted by molar-refractivity contribution is -0.121. The molecule has 5 heteroatoms. The molecule has 0 radical (unpaired) electrons. The van der Waals surface area contributed by atoms with Crippen molar-refractivity contribution < 1.29 is 13.9 Å². The molecule has 0 saturated heterocycles. The Morgan fingerprint density at radius 2 is 2.00 bits per heavy atom. The van der Waals surface area contributed by atoms with Gasteiger partial charge >= 0.3 is 0 Å². The summed E-state index contributed by atoms with van der Waals surface area (Å²) in [7, 11) is 3.91. The van der Waals surface area contributed by atoms with E-state index in [9.17, 15) is 4.79 Å². The number of carbonyl (C=O) groups excluding carboxylic acids is 1. The summed E-state index contributed by atoms with van der Waals surface area (Å²) in [5, 5.41) is 2.92. The van der Waals surface area contributed by atoms with E-state index in [1.807, 2.05) is 61.5 Å². The average molecular weight is 302 g/mol. The van der Waals surface area contributed by atoms with E-state index >= 15 is 0 Å². The van der Waals surface area contributed by atoms with Gasteiger partial charge in [0.05, 0.1) is 25.3 Å². The summed E-state index contributed by atoms with van der Waals surface area (Å²) in [6, 6.07) is 13.3. The van der Waals surface area contributed by atoms with E-state index in [2.05, 4.69) is 5.32 Å². The highest BCUT2D eigenvalue weighted by atomic mass is 16.5. The van der Waals surface area contributed by atoms with E-state index < -0.39 is 0 Å². The third kappa shape index (κ3) is 4.93. The van der Waals surface area contributed by atoms with E-state index in [1.165, 1.54) is 0 Å². The summed E-state index contributed by atoms with van der Waals surface area (Å²) in [4.78, 5) is 13.9. The van der Waals surface area contributed by atoms with Gasteiger partial charge in [-0.05, 0) is 38.4 Å². The summed E-state index contributed by atoms with van der Waals surface area (Å²) in [6.07, 6.45) is 1.97. The number of furan rings is 1. The van der Waals surface area contributed by atoms with Crippen molar-refractivity contribution in [3.8, 4) is 5.75 Å². The molecule has 1 aromatic heterocycles. The van der Waals surface area contributed by atoms with E-state index in [1.54, 1.807) is 6.26 Å². The molecule has 1 heterocycles. The molecule has 0 bridgehead atoms. The van der Waals surface area contributed by atoms with Crippen LogP contribution in [0, 0.1) is 0 Å². The first kappa shape index (κ1) is 16.1. The van der Waals surface area contributed by atoms with Crippen LogP contribution in [0.3, 0.4) is 0 Å². The molecule has 0 aliphatic heterocycles. The van der Waals surface area contributed by atoms with Crippen molar-refractivity contribution in [2.45, 2.75) is 12.5 Å². The minimum Gasteiger partial charge on any atom is -0.493 e. The zero-order valence-corrected chi connectivity index (χ0v) is 13.0. The molecule has 118 valence electrons. The number of rotatable bonds is 8. The Bertz CT molecular complexity index is 553. The van der Waals surface area contributed by atoms with Crippen molar-refractivity contribution in [2.24, 2.45) is 0 Å². The summed E-state index contributed by atoms with van der Waals surface area (Å²) < 4.78 is 10.9. The van der Waals surface area contributed by atoms with Crippen LogP contribution < -0.4 is 10.1 Å². The van der Waals surface area contributed by atoms with Crippen LogP contribution in [0.15, 0.2) is 53.1 Å². The number of likely N-dealkylation sites (N-methyl/N-ethyl adjacent to an activating group) is 1. The normalized spacial score (nSPS) is 12.1. The van der Waals surface area contributed by atoms with Crippen LogP contribution in [0.5, 0.6) is 5.75 Å². The third-order valence-corrected chi connectivity index (χ3v) is 3.33. The van der Waals surface area contributed by atoms with Crippen LogP contribution in [0.1, 0.15) is 18.2 Å². The number of para-hydroxylation sites is 1. The second kappa shape index (κ2) is 8.24. The summed E-state index contributed by atoms with van der Waals surface area (Å²) in [5.41, 5.74) is 0. The van der Waals surface area contributed by atoms with Gasteiger partial charge in [0.25, 0.3) is 0 Å². The van der Waals surface area contributed by atoms with E-state index in [0.29, 0.717) is 19.6 Å². The van der Waals surface area contributed by atoms with Crippen molar-refractivity contribution in [3.05, 3.63) is 54.5 Å². The van der Waals surface area contributed by atoms with Gasteiger partial charge in [-0.1, -0.05) is 18.2 Å². The minimum absolute atomic E-state index is 0.0222. The standard InChI is InChI=1S/C17H22N2O3/c1-19(2)15(16-9-6-11-22-16)13-18-17(20)10-12-21-14-7-4-3-5-8-14/h3-9,11,15H,10,12-13H2,1-2H3,(H,18,20)/t15-/m1/s1. The number of nitrogens with one attached hydrogen (secondary N) is 1. The van der Waals surface area contributed by atoms with Gasteiger partial charge in [-0.15, -0.1) is 0 Å². The molecule has 0 fully saturated rings. The predicted octanol–water partition coefficient (Wildman–Crippen LogP) is 2.47. The highest BCUT2D eigenvalue weighted by Crippen LogP contribution is 2.17. The second-order valence-corrected chi connectivity index (χ2v) is 5.21. The largest absolute Gasteiger partial charge is 0.493 e. The zero-order chi connectivity index (χ0) is 15.8. The topological polar surface area (TPSA) is 54.7 Å². The molecule has 5 nitrogen and oxygen atoms in total. The van der Waals surface area contributed by atoms with Gasteiger partial charge in [0.2, 0.25) is 5.91 Å². The first-order valence-electron chi connectivity index (χ1n) is 7.31. The van der Waals surface area contributed by atoms with Crippen molar-refractivity contribution in [1.29, 1.82) is 0 Å². The third-order valence-electron chi connectivity index (χ3n) is 3.33.